The molecule has 3 aromatic heterocycles. The number of nitrogens with one attached hydrogen (secondary N) is 1. The summed E-state index contributed by atoms with van der Waals surface area (Å²) >= 11 is 0. The lowest BCUT2D eigenvalue weighted by Crippen LogP contribution is -2.49. The van der Waals surface area contributed by atoms with Crippen LogP contribution >= 0.6 is 0 Å². The molecule has 6 heteroatoms. The number of rotatable bonds is 2. The van der Waals surface area contributed by atoms with E-state index in [1.807, 2.05) is 54.2 Å². The van der Waals surface area contributed by atoms with Gasteiger partial charge in [-0.25, -0.2) is 4.79 Å². The number of aromatic nitrogens is 2. The molecule has 4 heterocycles. The van der Waals surface area contributed by atoms with Gasteiger partial charge in [0.2, 0.25) is 0 Å². The molecule has 142 valence electrons. The Morgan fingerprint density at radius 2 is 2.11 bits per heavy atom. The molecule has 28 heavy (non-hydrogen) atoms. The van der Waals surface area contributed by atoms with Crippen LogP contribution < -0.4 is 15.8 Å². The molecule has 4 aromatic rings. The Bertz CT molecular complexity index is 1240. The molecule has 1 fully saturated rings. The maximum Gasteiger partial charge on any atom is 0.344 e. The number of hydrogen-bond acceptors (Lipinski definition) is 5. The van der Waals surface area contributed by atoms with Crippen LogP contribution in [0.1, 0.15) is 12.6 Å². The highest BCUT2D eigenvalue weighted by atomic mass is 16.4. The Balaban J connectivity index is 1.56. The summed E-state index contributed by atoms with van der Waals surface area (Å²) in [4.78, 5) is 19.3. The van der Waals surface area contributed by atoms with E-state index >= 15 is 0 Å². The number of anilines is 1. The van der Waals surface area contributed by atoms with Crippen molar-refractivity contribution in [3.8, 4) is 11.1 Å². The van der Waals surface area contributed by atoms with Crippen LogP contribution in [-0.2, 0) is 0 Å². The second kappa shape index (κ2) is 6.49. The van der Waals surface area contributed by atoms with E-state index in [-0.39, 0.29) is 5.63 Å². The van der Waals surface area contributed by atoms with Crippen molar-refractivity contribution >= 4 is 22.2 Å². The molecule has 0 radical (unpaired) electrons. The molecule has 0 bridgehead atoms. The normalized spacial score (nSPS) is 17.5. The highest BCUT2D eigenvalue weighted by molar-refractivity contribution is 5.85. The summed E-state index contributed by atoms with van der Waals surface area (Å²) in [7, 11) is 0. The first kappa shape index (κ1) is 17.0. The van der Waals surface area contributed by atoms with Gasteiger partial charge in [0, 0.05) is 60.8 Å². The Morgan fingerprint density at radius 1 is 1.21 bits per heavy atom. The molecule has 1 N–H and O–H groups in total. The van der Waals surface area contributed by atoms with Crippen molar-refractivity contribution in [1.29, 1.82) is 0 Å². The zero-order valence-electron chi connectivity index (χ0n) is 16.0. The van der Waals surface area contributed by atoms with E-state index in [0.29, 0.717) is 17.2 Å². The summed E-state index contributed by atoms with van der Waals surface area (Å²) in [6, 6.07) is 10.4. The maximum atomic E-state index is 12.7. The minimum absolute atomic E-state index is 0.320. The molecule has 0 spiro atoms. The van der Waals surface area contributed by atoms with Gasteiger partial charge >= 0.3 is 5.63 Å². The van der Waals surface area contributed by atoms with Crippen LogP contribution in [0.2, 0.25) is 0 Å². The molecule has 1 aliphatic heterocycles. The fourth-order valence-corrected chi connectivity index (χ4v) is 3.93. The van der Waals surface area contributed by atoms with Crippen molar-refractivity contribution in [3.05, 3.63) is 65.0 Å². The van der Waals surface area contributed by atoms with Crippen LogP contribution in [-0.4, -0.2) is 35.1 Å². The molecule has 0 amide bonds. The minimum atomic E-state index is -0.320. The second-order valence-electron chi connectivity index (χ2n) is 7.56. The Kier molecular flexibility index (Phi) is 3.94. The third kappa shape index (κ3) is 2.96. The maximum absolute atomic E-state index is 12.7. The largest absolute Gasteiger partial charge is 0.422 e. The number of benzene rings is 1. The number of hydrogen-bond donors (Lipinski definition) is 1. The van der Waals surface area contributed by atoms with Gasteiger partial charge in [0.05, 0.1) is 23.0 Å². The lowest BCUT2D eigenvalue weighted by Gasteiger charge is -2.33. The smallest absolute Gasteiger partial charge is 0.344 e. The van der Waals surface area contributed by atoms with Gasteiger partial charge in [0.25, 0.3) is 0 Å². The summed E-state index contributed by atoms with van der Waals surface area (Å²) in [5, 5.41) is 4.37. The summed E-state index contributed by atoms with van der Waals surface area (Å²) in [6.45, 7) is 6.97. The van der Waals surface area contributed by atoms with Crippen molar-refractivity contribution in [1.82, 2.24) is 14.7 Å². The van der Waals surface area contributed by atoms with Gasteiger partial charge in [-0.1, -0.05) is 0 Å². The average Bonchev–Trinajstić information content (AvgIpc) is 3.10. The summed E-state index contributed by atoms with van der Waals surface area (Å²) < 4.78 is 7.68. The quantitative estimate of drug-likeness (QED) is 0.546. The first-order chi connectivity index (χ1) is 13.6. The third-order valence-corrected chi connectivity index (χ3v) is 5.37. The predicted molar refractivity (Wildman–Crippen MR) is 111 cm³/mol. The van der Waals surface area contributed by atoms with Crippen molar-refractivity contribution in [2.24, 2.45) is 0 Å². The van der Waals surface area contributed by atoms with E-state index in [0.717, 1.165) is 47.5 Å². The molecule has 5 rings (SSSR count). The first-order valence-electron chi connectivity index (χ1n) is 9.58. The standard InChI is InChI=1S/C22H22N4O2/c1-14-11-25(6-5-23-14)18-4-3-16-8-20(22(27)28-21(16)9-18)17-7-19-10-24-15(2)12-26(19)13-17/h3-4,7-10,12-14,23H,5-6,11H2,1-2H3/t14-/m0/s1. The summed E-state index contributed by atoms with van der Waals surface area (Å²) in [5.41, 5.74) is 4.67. The number of aryl methyl sites for hydroxylation is 1. The molecule has 0 unspecified atom stereocenters. The SMILES string of the molecule is Cc1cn2cc(-c3cc4ccc(N5CCN[C@@H](C)C5)cc4oc3=O)cc2cn1. The molecule has 0 aliphatic carbocycles. The lowest BCUT2D eigenvalue weighted by molar-refractivity contribution is 0.484. The van der Waals surface area contributed by atoms with Gasteiger partial charge in [-0.05, 0) is 38.1 Å². The Hall–Kier alpha value is -3.12. The van der Waals surface area contributed by atoms with Crippen molar-refractivity contribution in [2.45, 2.75) is 19.9 Å². The average molecular weight is 374 g/mol. The second-order valence-corrected chi connectivity index (χ2v) is 7.56. The third-order valence-electron chi connectivity index (χ3n) is 5.37. The van der Waals surface area contributed by atoms with E-state index in [9.17, 15) is 4.79 Å². The first-order valence-corrected chi connectivity index (χ1v) is 9.58. The van der Waals surface area contributed by atoms with Gasteiger partial charge in [0.1, 0.15) is 5.58 Å². The highest BCUT2D eigenvalue weighted by Crippen LogP contribution is 2.27. The molecule has 1 aromatic carbocycles. The molecular weight excluding hydrogens is 352 g/mol. The van der Waals surface area contributed by atoms with E-state index in [1.54, 1.807) is 0 Å². The summed E-state index contributed by atoms with van der Waals surface area (Å²) in [5.74, 6) is 0. The zero-order chi connectivity index (χ0) is 19.3. The van der Waals surface area contributed by atoms with E-state index in [1.165, 1.54) is 0 Å². The number of fused-ring (bicyclic) bond motifs is 2. The van der Waals surface area contributed by atoms with E-state index < -0.39 is 0 Å². The van der Waals surface area contributed by atoms with E-state index in [2.05, 4.69) is 28.2 Å². The van der Waals surface area contributed by atoms with Gasteiger partial charge in [-0.2, -0.15) is 0 Å². The molecule has 1 atom stereocenters. The fraction of sp³-hybridized carbons (Fsp3) is 0.273. The molecular formula is C22H22N4O2. The van der Waals surface area contributed by atoms with Crippen LogP contribution in [0.4, 0.5) is 5.69 Å². The molecule has 1 aliphatic rings. The monoisotopic (exact) mass is 374 g/mol. The number of piperazine rings is 1. The van der Waals surface area contributed by atoms with Crippen LogP contribution in [0.15, 0.2) is 58.1 Å². The van der Waals surface area contributed by atoms with Gasteiger partial charge in [-0.3, -0.25) is 4.98 Å². The molecule has 6 nitrogen and oxygen atoms in total. The van der Waals surface area contributed by atoms with Crippen LogP contribution in [0.5, 0.6) is 0 Å². The number of nitrogens with zero attached hydrogens (tertiary/aromatic N) is 3. The topological polar surface area (TPSA) is 62.8 Å². The Morgan fingerprint density at radius 3 is 2.96 bits per heavy atom. The van der Waals surface area contributed by atoms with Crippen molar-refractivity contribution in [2.75, 3.05) is 24.5 Å². The van der Waals surface area contributed by atoms with Gasteiger partial charge < -0.3 is 19.0 Å². The zero-order valence-corrected chi connectivity index (χ0v) is 16.0. The van der Waals surface area contributed by atoms with Crippen molar-refractivity contribution in [3.63, 3.8) is 0 Å². The van der Waals surface area contributed by atoms with Crippen molar-refractivity contribution < 1.29 is 4.42 Å². The highest BCUT2D eigenvalue weighted by Gasteiger charge is 2.17. The van der Waals surface area contributed by atoms with E-state index in [4.69, 9.17) is 4.42 Å². The van der Waals surface area contributed by atoms with Crippen LogP contribution in [0.3, 0.4) is 0 Å². The van der Waals surface area contributed by atoms with Gasteiger partial charge in [-0.15, -0.1) is 0 Å². The van der Waals surface area contributed by atoms with Crippen LogP contribution in [0.25, 0.3) is 27.6 Å². The molecule has 0 saturated carbocycles. The predicted octanol–water partition coefficient (Wildman–Crippen LogP) is 3.21. The van der Waals surface area contributed by atoms with Crippen LogP contribution in [0, 0.1) is 6.92 Å². The fourth-order valence-electron chi connectivity index (χ4n) is 3.93. The summed E-state index contributed by atoms with van der Waals surface area (Å²) in [6.07, 6.45) is 5.70. The van der Waals surface area contributed by atoms with Gasteiger partial charge in [0.15, 0.2) is 0 Å². The molecule has 1 saturated heterocycles. The Labute approximate surface area is 162 Å². The lowest BCUT2D eigenvalue weighted by atomic mass is 10.1. The minimum Gasteiger partial charge on any atom is -0.422 e.